The molecule has 1 amide bonds. The van der Waals surface area contributed by atoms with Gasteiger partial charge in [-0.05, 0) is 32.0 Å². The van der Waals surface area contributed by atoms with Gasteiger partial charge in [-0.15, -0.1) is 0 Å². The first-order valence-electron chi connectivity index (χ1n) is 6.33. The number of halogens is 1. The van der Waals surface area contributed by atoms with Gasteiger partial charge in [-0.25, -0.2) is 9.37 Å². The minimum Gasteiger partial charge on any atom is -0.465 e. The minimum atomic E-state index is -0.650. The molecule has 0 unspecified atom stereocenters. The fourth-order valence-corrected chi connectivity index (χ4v) is 1.75. The van der Waals surface area contributed by atoms with Crippen molar-refractivity contribution in [1.82, 2.24) is 10.3 Å². The summed E-state index contributed by atoms with van der Waals surface area (Å²) in [6, 6.07) is 4.92. The zero-order valence-electron chi connectivity index (χ0n) is 11.4. The number of carbonyl (C=O) groups excluding carboxylic acids is 1. The third-order valence-corrected chi connectivity index (χ3v) is 2.70. The molecule has 0 aromatic carbocycles. The van der Waals surface area contributed by atoms with Crippen LogP contribution in [0.5, 0.6) is 0 Å². The molecular formula is C14H16FN3O2. The first kappa shape index (κ1) is 14.0. The van der Waals surface area contributed by atoms with Crippen LogP contribution in [0.15, 0.2) is 28.8 Å². The van der Waals surface area contributed by atoms with Crippen molar-refractivity contribution in [3.8, 4) is 0 Å². The lowest BCUT2D eigenvalue weighted by Gasteiger charge is -2.08. The van der Waals surface area contributed by atoms with Gasteiger partial charge >= 0.3 is 0 Å². The van der Waals surface area contributed by atoms with Crippen molar-refractivity contribution in [2.45, 2.75) is 20.4 Å². The van der Waals surface area contributed by atoms with Crippen LogP contribution in [0.4, 0.5) is 10.2 Å². The van der Waals surface area contributed by atoms with E-state index in [0.29, 0.717) is 12.3 Å². The van der Waals surface area contributed by atoms with E-state index in [9.17, 15) is 9.18 Å². The van der Waals surface area contributed by atoms with E-state index in [2.05, 4.69) is 15.6 Å². The molecule has 0 saturated carbocycles. The molecule has 2 aromatic rings. The van der Waals surface area contributed by atoms with Gasteiger partial charge in [0.2, 0.25) is 0 Å². The second-order valence-corrected chi connectivity index (χ2v) is 4.25. The highest BCUT2D eigenvalue weighted by Crippen LogP contribution is 2.15. The first-order chi connectivity index (χ1) is 9.61. The van der Waals surface area contributed by atoms with Gasteiger partial charge in [0, 0.05) is 12.7 Å². The third-order valence-electron chi connectivity index (χ3n) is 2.70. The average Bonchev–Trinajstić information content (AvgIpc) is 2.84. The zero-order valence-corrected chi connectivity index (χ0v) is 11.4. The summed E-state index contributed by atoms with van der Waals surface area (Å²) in [6.45, 7) is 4.38. The maximum Gasteiger partial charge on any atom is 0.254 e. The van der Waals surface area contributed by atoms with E-state index in [1.807, 2.05) is 13.8 Å². The van der Waals surface area contributed by atoms with Crippen molar-refractivity contribution in [3.63, 3.8) is 0 Å². The number of rotatable bonds is 5. The fraction of sp³-hybridized carbons (Fsp3) is 0.286. The highest BCUT2D eigenvalue weighted by atomic mass is 19.1. The van der Waals surface area contributed by atoms with Crippen molar-refractivity contribution < 1.29 is 13.6 Å². The van der Waals surface area contributed by atoms with E-state index in [0.717, 1.165) is 5.76 Å². The van der Waals surface area contributed by atoms with Crippen LogP contribution in [0.2, 0.25) is 0 Å². The lowest BCUT2D eigenvalue weighted by molar-refractivity contribution is 0.0943. The van der Waals surface area contributed by atoms with Crippen LogP contribution in [0.25, 0.3) is 0 Å². The Morgan fingerprint density at radius 3 is 2.85 bits per heavy atom. The van der Waals surface area contributed by atoms with Crippen LogP contribution in [0.3, 0.4) is 0 Å². The number of amides is 1. The molecule has 0 radical (unpaired) electrons. The smallest absolute Gasteiger partial charge is 0.254 e. The molecule has 2 rings (SSSR count). The molecule has 0 aliphatic heterocycles. The van der Waals surface area contributed by atoms with Crippen LogP contribution in [-0.2, 0) is 6.54 Å². The van der Waals surface area contributed by atoms with Crippen molar-refractivity contribution in [1.29, 1.82) is 0 Å². The number of hydrogen-bond acceptors (Lipinski definition) is 4. The van der Waals surface area contributed by atoms with Crippen molar-refractivity contribution in [2.75, 3.05) is 11.9 Å². The standard InChI is InChI=1S/C14H16FN3O2/c1-3-16-13-12(15)11(6-7-17-13)14(19)18-8-10-5-4-9(2)20-10/h4-7H,3,8H2,1-2H3,(H,16,17)(H,18,19). The molecule has 6 heteroatoms. The number of aromatic nitrogens is 1. The molecule has 0 aliphatic rings. The van der Waals surface area contributed by atoms with Crippen LogP contribution in [0, 0.1) is 12.7 Å². The number of pyridine rings is 1. The molecule has 0 atom stereocenters. The SMILES string of the molecule is CCNc1nccc(C(=O)NCc2ccc(C)o2)c1F. The van der Waals surface area contributed by atoms with Gasteiger partial charge in [-0.1, -0.05) is 0 Å². The number of aryl methyl sites for hydroxylation is 1. The summed E-state index contributed by atoms with van der Waals surface area (Å²) < 4.78 is 19.4. The van der Waals surface area contributed by atoms with Crippen molar-refractivity contribution >= 4 is 11.7 Å². The fourth-order valence-electron chi connectivity index (χ4n) is 1.75. The summed E-state index contributed by atoms with van der Waals surface area (Å²) in [6.07, 6.45) is 1.40. The van der Waals surface area contributed by atoms with Gasteiger partial charge < -0.3 is 15.1 Å². The summed E-state index contributed by atoms with van der Waals surface area (Å²) in [5.74, 6) is 0.311. The molecule has 0 spiro atoms. The Kier molecular flexibility index (Phi) is 4.34. The predicted octanol–water partition coefficient (Wildman–Crippen LogP) is 2.48. The Hall–Kier alpha value is -2.37. The van der Waals surface area contributed by atoms with Gasteiger partial charge in [0.15, 0.2) is 11.6 Å². The maximum atomic E-state index is 14.0. The van der Waals surface area contributed by atoms with Gasteiger partial charge in [-0.3, -0.25) is 4.79 Å². The Labute approximate surface area is 116 Å². The molecule has 2 heterocycles. The molecule has 0 aliphatic carbocycles. The molecule has 0 fully saturated rings. The molecule has 106 valence electrons. The lowest BCUT2D eigenvalue weighted by Crippen LogP contribution is -2.24. The van der Waals surface area contributed by atoms with Crippen LogP contribution in [0.1, 0.15) is 28.8 Å². The summed E-state index contributed by atoms with van der Waals surface area (Å²) >= 11 is 0. The largest absolute Gasteiger partial charge is 0.465 e. The highest BCUT2D eigenvalue weighted by molar-refractivity contribution is 5.95. The number of nitrogens with zero attached hydrogens (tertiary/aromatic N) is 1. The molecule has 0 bridgehead atoms. The van der Waals surface area contributed by atoms with E-state index in [4.69, 9.17) is 4.42 Å². The van der Waals surface area contributed by atoms with Crippen molar-refractivity contribution in [3.05, 3.63) is 47.3 Å². The van der Waals surface area contributed by atoms with Gasteiger partial charge in [0.05, 0.1) is 12.1 Å². The second-order valence-electron chi connectivity index (χ2n) is 4.25. The second kappa shape index (κ2) is 6.18. The first-order valence-corrected chi connectivity index (χ1v) is 6.33. The topological polar surface area (TPSA) is 67.2 Å². The molecule has 5 nitrogen and oxygen atoms in total. The summed E-state index contributed by atoms with van der Waals surface area (Å²) in [4.78, 5) is 15.8. The van der Waals surface area contributed by atoms with Gasteiger partial charge in [0.25, 0.3) is 5.91 Å². The van der Waals surface area contributed by atoms with E-state index in [1.54, 1.807) is 12.1 Å². The number of hydrogen-bond donors (Lipinski definition) is 2. The molecule has 2 aromatic heterocycles. The number of anilines is 1. The molecule has 20 heavy (non-hydrogen) atoms. The van der Waals surface area contributed by atoms with Crippen LogP contribution < -0.4 is 10.6 Å². The monoisotopic (exact) mass is 277 g/mol. The third kappa shape index (κ3) is 3.14. The Bertz CT molecular complexity index is 610. The van der Waals surface area contributed by atoms with Gasteiger partial charge in [0.1, 0.15) is 11.5 Å². The molecule has 2 N–H and O–H groups in total. The zero-order chi connectivity index (χ0) is 14.5. The van der Waals surface area contributed by atoms with E-state index in [1.165, 1.54) is 12.3 Å². The minimum absolute atomic E-state index is 0.0424. The lowest BCUT2D eigenvalue weighted by atomic mass is 10.2. The number of nitrogens with one attached hydrogen (secondary N) is 2. The quantitative estimate of drug-likeness (QED) is 0.881. The highest BCUT2D eigenvalue weighted by Gasteiger charge is 2.15. The van der Waals surface area contributed by atoms with Crippen molar-refractivity contribution in [2.24, 2.45) is 0 Å². The van der Waals surface area contributed by atoms with Crippen LogP contribution in [-0.4, -0.2) is 17.4 Å². The Balaban J connectivity index is 2.07. The predicted molar refractivity (Wildman–Crippen MR) is 73.0 cm³/mol. The molecular weight excluding hydrogens is 261 g/mol. The Morgan fingerprint density at radius 1 is 1.40 bits per heavy atom. The summed E-state index contributed by atoms with van der Waals surface area (Å²) in [5, 5.41) is 5.37. The maximum absolute atomic E-state index is 14.0. The summed E-state index contributed by atoms with van der Waals surface area (Å²) in [5.41, 5.74) is -0.0424. The van der Waals surface area contributed by atoms with E-state index in [-0.39, 0.29) is 17.9 Å². The number of carbonyl (C=O) groups is 1. The van der Waals surface area contributed by atoms with E-state index < -0.39 is 11.7 Å². The number of furan rings is 1. The van der Waals surface area contributed by atoms with Crippen LogP contribution >= 0.6 is 0 Å². The molecule has 0 saturated heterocycles. The normalized spacial score (nSPS) is 10.3. The Morgan fingerprint density at radius 2 is 2.20 bits per heavy atom. The average molecular weight is 277 g/mol. The summed E-state index contributed by atoms with van der Waals surface area (Å²) in [7, 11) is 0. The van der Waals surface area contributed by atoms with Gasteiger partial charge in [-0.2, -0.15) is 0 Å². The van der Waals surface area contributed by atoms with E-state index >= 15 is 0 Å².